The van der Waals surface area contributed by atoms with Gasteiger partial charge < -0.3 is 10.4 Å². The molecule has 0 aliphatic rings. The standard InChI is InChI=1S/C12H17F2NO/c1-12(16,6-7-15-2)8-9-10(13)4-3-5-11(9)14/h3-5,15-16H,6-8H2,1-2H3. The molecule has 1 rings (SSSR count). The van der Waals surface area contributed by atoms with Crippen LogP contribution in [0.2, 0.25) is 0 Å². The van der Waals surface area contributed by atoms with Crippen molar-refractivity contribution in [3.05, 3.63) is 35.4 Å². The average molecular weight is 229 g/mol. The Morgan fingerprint density at radius 3 is 2.38 bits per heavy atom. The first-order valence-corrected chi connectivity index (χ1v) is 5.26. The van der Waals surface area contributed by atoms with E-state index in [0.29, 0.717) is 13.0 Å². The Morgan fingerprint density at radius 2 is 1.88 bits per heavy atom. The molecule has 0 fully saturated rings. The van der Waals surface area contributed by atoms with E-state index >= 15 is 0 Å². The highest BCUT2D eigenvalue weighted by molar-refractivity contribution is 5.21. The second-order valence-corrected chi connectivity index (χ2v) is 4.23. The van der Waals surface area contributed by atoms with Gasteiger partial charge in [0.1, 0.15) is 11.6 Å². The molecule has 0 radical (unpaired) electrons. The minimum Gasteiger partial charge on any atom is -0.390 e. The van der Waals surface area contributed by atoms with Crippen molar-refractivity contribution in [1.29, 1.82) is 0 Å². The molecule has 0 saturated carbocycles. The maximum absolute atomic E-state index is 13.3. The lowest BCUT2D eigenvalue weighted by Crippen LogP contribution is -2.32. The van der Waals surface area contributed by atoms with Crippen molar-refractivity contribution in [2.24, 2.45) is 0 Å². The number of benzene rings is 1. The van der Waals surface area contributed by atoms with Crippen LogP contribution in [-0.4, -0.2) is 24.3 Å². The van der Waals surface area contributed by atoms with Gasteiger partial charge in [0.05, 0.1) is 5.60 Å². The van der Waals surface area contributed by atoms with Crippen molar-refractivity contribution >= 4 is 0 Å². The highest BCUT2D eigenvalue weighted by Gasteiger charge is 2.23. The van der Waals surface area contributed by atoms with Gasteiger partial charge in [-0.15, -0.1) is 0 Å². The van der Waals surface area contributed by atoms with Crippen LogP contribution in [0.5, 0.6) is 0 Å². The van der Waals surface area contributed by atoms with Crippen LogP contribution in [0.25, 0.3) is 0 Å². The average Bonchev–Trinajstić information content (AvgIpc) is 2.21. The predicted octanol–water partition coefficient (Wildman–Crippen LogP) is 1.87. The lowest BCUT2D eigenvalue weighted by atomic mass is 9.92. The number of halogens is 2. The molecule has 2 N–H and O–H groups in total. The van der Waals surface area contributed by atoms with Gasteiger partial charge in [-0.1, -0.05) is 6.07 Å². The number of hydrogen-bond donors (Lipinski definition) is 2. The van der Waals surface area contributed by atoms with Crippen LogP contribution in [0.15, 0.2) is 18.2 Å². The first kappa shape index (κ1) is 13.1. The zero-order valence-electron chi connectivity index (χ0n) is 9.56. The topological polar surface area (TPSA) is 32.3 Å². The van der Waals surface area contributed by atoms with Crippen molar-refractivity contribution in [3.8, 4) is 0 Å². The van der Waals surface area contributed by atoms with E-state index in [1.165, 1.54) is 18.2 Å². The number of hydrogen-bond acceptors (Lipinski definition) is 2. The molecule has 90 valence electrons. The third-order valence-corrected chi connectivity index (χ3v) is 2.53. The van der Waals surface area contributed by atoms with E-state index in [9.17, 15) is 13.9 Å². The van der Waals surface area contributed by atoms with E-state index in [-0.39, 0.29) is 12.0 Å². The molecular formula is C12H17F2NO. The van der Waals surface area contributed by atoms with E-state index in [2.05, 4.69) is 5.32 Å². The first-order valence-electron chi connectivity index (χ1n) is 5.26. The van der Waals surface area contributed by atoms with Gasteiger partial charge in [0.15, 0.2) is 0 Å². The predicted molar refractivity (Wildman–Crippen MR) is 59.2 cm³/mol. The monoisotopic (exact) mass is 229 g/mol. The summed E-state index contributed by atoms with van der Waals surface area (Å²) in [5.74, 6) is -1.21. The van der Waals surface area contributed by atoms with Crippen LogP contribution in [0.4, 0.5) is 8.78 Å². The summed E-state index contributed by atoms with van der Waals surface area (Å²) in [6, 6.07) is 3.72. The Balaban J connectivity index is 2.79. The van der Waals surface area contributed by atoms with Crippen molar-refractivity contribution in [3.63, 3.8) is 0 Å². The van der Waals surface area contributed by atoms with Crippen molar-refractivity contribution in [1.82, 2.24) is 5.32 Å². The summed E-state index contributed by atoms with van der Waals surface area (Å²) in [6.45, 7) is 2.18. The van der Waals surface area contributed by atoms with Crippen LogP contribution >= 0.6 is 0 Å². The van der Waals surface area contributed by atoms with Gasteiger partial charge in [0.2, 0.25) is 0 Å². The van der Waals surface area contributed by atoms with Crippen LogP contribution < -0.4 is 5.32 Å². The molecule has 0 spiro atoms. The molecular weight excluding hydrogens is 212 g/mol. The van der Waals surface area contributed by atoms with Gasteiger partial charge >= 0.3 is 0 Å². The van der Waals surface area contributed by atoms with Crippen molar-refractivity contribution in [2.45, 2.75) is 25.4 Å². The maximum Gasteiger partial charge on any atom is 0.129 e. The van der Waals surface area contributed by atoms with E-state index in [1.807, 2.05) is 0 Å². The second-order valence-electron chi connectivity index (χ2n) is 4.23. The van der Waals surface area contributed by atoms with Crippen molar-refractivity contribution < 1.29 is 13.9 Å². The van der Waals surface area contributed by atoms with E-state index < -0.39 is 17.2 Å². The number of nitrogens with one attached hydrogen (secondary N) is 1. The lowest BCUT2D eigenvalue weighted by Gasteiger charge is -2.23. The molecule has 0 bridgehead atoms. The molecule has 0 aliphatic carbocycles. The fraction of sp³-hybridized carbons (Fsp3) is 0.500. The fourth-order valence-electron chi connectivity index (χ4n) is 1.56. The summed E-state index contributed by atoms with van der Waals surface area (Å²) >= 11 is 0. The molecule has 16 heavy (non-hydrogen) atoms. The Hall–Kier alpha value is -1.00. The van der Waals surface area contributed by atoms with E-state index in [1.54, 1.807) is 14.0 Å². The van der Waals surface area contributed by atoms with Crippen LogP contribution in [0.1, 0.15) is 18.9 Å². The molecule has 0 aromatic heterocycles. The van der Waals surface area contributed by atoms with Gasteiger partial charge in [-0.3, -0.25) is 0 Å². The molecule has 0 amide bonds. The summed E-state index contributed by atoms with van der Waals surface area (Å²) in [5, 5.41) is 12.9. The molecule has 1 atom stereocenters. The van der Waals surface area contributed by atoms with E-state index in [0.717, 1.165) is 0 Å². The van der Waals surface area contributed by atoms with Crippen LogP contribution in [-0.2, 0) is 6.42 Å². The largest absolute Gasteiger partial charge is 0.390 e. The quantitative estimate of drug-likeness (QED) is 0.807. The number of aliphatic hydroxyl groups is 1. The molecule has 0 aliphatic heterocycles. The van der Waals surface area contributed by atoms with Crippen LogP contribution in [0.3, 0.4) is 0 Å². The lowest BCUT2D eigenvalue weighted by molar-refractivity contribution is 0.0502. The molecule has 0 saturated heterocycles. The van der Waals surface area contributed by atoms with Gasteiger partial charge in [0.25, 0.3) is 0 Å². The zero-order valence-corrected chi connectivity index (χ0v) is 9.56. The summed E-state index contributed by atoms with van der Waals surface area (Å²) in [4.78, 5) is 0. The second kappa shape index (κ2) is 5.37. The first-order chi connectivity index (χ1) is 7.46. The molecule has 1 aromatic carbocycles. The third kappa shape index (κ3) is 3.54. The molecule has 4 heteroatoms. The Labute approximate surface area is 94.3 Å². The Morgan fingerprint density at radius 1 is 1.31 bits per heavy atom. The molecule has 0 heterocycles. The highest BCUT2D eigenvalue weighted by Crippen LogP contribution is 2.21. The van der Waals surface area contributed by atoms with Gasteiger partial charge in [0, 0.05) is 12.0 Å². The van der Waals surface area contributed by atoms with E-state index in [4.69, 9.17) is 0 Å². The van der Waals surface area contributed by atoms with Gasteiger partial charge in [-0.25, -0.2) is 8.78 Å². The molecule has 1 unspecified atom stereocenters. The Kier molecular flexibility index (Phi) is 4.38. The minimum atomic E-state index is -1.11. The highest BCUT2D eigenvalue weighted by atomic mass is 19.1. The fourth-order valence-corrected chi connectivity index (χ4v) is 1.56. The maximum atomic E-state index is 13.3. The summed E-state index contributed by atoms with van der Waals surface area (Å²) in [5.41, 5.74) is -1.16. The van der Waals surface area contributed by atoms with Gasteiger partial charge in [-0.2, -0.15) is 0 Å². The third-order valence-electron chi connectivity index (χ3n) is 2.53. The molecule has 2 nitrogen and oxygen atoms in total. The normalized spacial score (nSPS) is 14.8. The SMILES string of the molecule is CNCCC(C)(O)Cc1c(F)cccc1F. The van der Waals surface area contributed by atoms with Crippen LogP contribution in [0, 0.1) is 11.6 Å². The Bertz CT molecular complexity index is 333. The summed E-state index contributed by atoms with van der Waals surface area (Å²) < 4.78 is 26.7. The molecule has 1 aromatic rings. The van der Waals surface area contributed by atoms with Gasteiger partial charge in [-0.05, 0) is 39.1 Å². The number of rotatable bonds is 5. The summed E-state index contributed by atoms with van der Waals surface area (Å²) in [6.07, 6.45) is 0.421. The summed E-state index contributed by atoms with van der Waals surface area (Å²) in [7, 11) is 1.76. The zero-order chi connectivity index (χ0) is 12.2. The van der Waals surface area contributed by atoms with Crippen molar-refractivity contribution in [2.75, 3.05) is 13.6 Å². The smallest absolute Gasteiger partial charge is 0.129 e. The minimum absolute atomic E-state index is 0.0206.